The second-order valence-corrected chi connectivity index (χ2v) is 5.08. The van der Waals surface area contributed by atoms with Crippen LogP contribution in [0.4, 0.5) is 0 Å². The Morgan fingerprint density at radius 1 is 1.24 bits per heavy atom. The second kappa shape index (κ2) is 6.54. The zero-order chi connectivity index (χ0) is 15.4. The number of nitrogens with one attached hydrogen (secondary N) is 1. The van der Waals surface area contributed by atoms with Crippen molar-refractivity contribution in [3.8, 4) is 5.75 Å². The van der Waals surface area contributed by atoms with Crippen LogP contribution < -0.4 is 10.3 Å². The largest absolute Gasteiger partial charge is 0.486 e. The highest BCUT2D eigenvalue weighted by atomic mass is 16.5. The Morgan fingerprint density at radius 3 is 2.62 bits per heavy atom. The lowest BCUT2D eigenvalue weighted by molar-refractivity contribution is 0.292. The molecule has 0 fully saturated rings. The van der Waals surface area contributed by atoms with Crippen LogP contribution in [0.2, 0.25) is 0 Å². The van der Waals surface area contributed by atoms with Crippen LogP contribution >= 0.6 is 0 Å². The van der Waals surface area contributed by atoms with Crippen molar-refractivity contribution in [3.05, 3.63) is 56.8 Å². The van der Waals surface area contributed by atoms with Crippen molar-refractivity contribution in [1.29, 1.82) is 0 Å². The summed E-state index contributed by atoms with van der Waals surface area (Å²) < 4.78 is 5.66. The fourth-order valence-corrected chi connectivity index (χ4v) is 2.10. The number of aryl methyl sites for hydroxylation is 3. The van der Waals surface area contributed by atoms with Gasteiger partial charge in [0, 0.05) is 24.3 Å². The molecule has 0 saturated carbocycles. The molecule has 0 radical (unpaired) electrons. The van der Waals surface area contributed by atoms with Gasteiger partial charge in [-0.3, -0.25) is 4.79 Å². The predicted molar refractivity (Wildman–Crippen MR) is 80.6 cm³/mol. The molecular weight excluding hydrogens is 268 g/mol. The monoisotopic (exact) mass is 288 g/mol. The van der Waals surface area contributed by atoms with Gasteiger partial charge in [-0.1, -0.05) is 6.07 Å². The molecule has 0 unspecified atom stereocenters. The van der Waals surface area contributed by atoms with Crippen molar-refractivity contribution in [2.75, 3.05) is 6.61 Å². The number of aromatic nitrogens is 2. The third-order valence-corrected chi connectivity index (χ3v) is 3.49. The molecule has 0 aliphatic carbocycles. The Hall–Kier alpha value is -2.14. The Kier molecular flexibility index (Phi) is 4.75. The second-order valence-electron chi connectivity index (χ2n) is 5.08. The Morgan fingerprint density at radius 2 is 2.00 bits per heavy atom. The SMILES string of the molecule is Cc1ccc(OCc2nc(C)c(CCO)c(=O)[nH]2)cc1C. The van der Waals surface area contributed by atoms with Gasteiger partial charge < -0.3 is 14.8 Å². The van der Waals surface area contributed by atoms with E-state index in [1.165, 1.54) is 5.56 Å². The molecule has 0 aliphatic rings. The zero-order valence-electron chi connectivity index (χ0n) is 12.6. The quantitative estimate of drug-likeness (QED) is 0.880. The van der Waals surface area contributed by atoms with Gasteiger partial charge in [0.2, 0.25) is 0 Å². The number of aromatic amines is 1. The summed E-state index contributed by atoms with van der Waals surface area (Å²) in [6.07, 6.45) is 0.312. The Balaban J connectivity index is 2.13. The van der Waals surface area contributed by atoms with Crippen molar-refractivity contribution in [1.82, 2.24) is 9.97 Å². The van der Waals surface area contributed by atoms with Crippen LogP contribution in [-0.4, -0.2) is 21.7 Å². The van der Waals surface area contributed by atoms with Gasteiger partial charge in [0.1, 0.15) is 18.2 Å². The average Bonchev–Trinajstić information content (AvgIpc) is 2.44. The smallest absolute Gasteiger partial charge is 0.254 e. The third-order valence-electron chi connectivity index (χ3n) is 3.49. The van der Waals surface area contributed by atoms with Crippen LogP contribution in [0, 0.1) is 20.8 Å². The topological polar surface area (TPSA) is 75.2 Å². The first-order valence-electron chi connectivity index (χ1n) is 6.91. The number of aliphatic hydroxyl groups is 1. The fraction of sp³-hybridized carbons (Fsp3) is 0.375. The molecule has 0 atom stereocenters. The molecule has 5 heteroatoms. The molecule has 2 rings (SSSR count). The lowest BCUT2D eigenvalue weighted by atomic mass is 10.1. The molecule has 1 heterocycles. The average molecular weight is 288 g/mol. The summed E-state index contributed by atoms with van der Waals surface area (Å²) >= 11 is 0. The summed E-state index contributed by atoms with van der Waals surface area (Å²) in [6, 6.07) is 5.85. The van der Waals surface area contributed by atoms with E-state index in [2.05, 4.69) is 9.97 Å². The van der Waals surface area contributed by atoms with Crippen molar-refractivity contribution in [3.63, 3.8) is 0 Å². The molecule has 0 spiro atoms. The number of benzene rings is 1. The maximum absolute atomic E-state index is 11.9. The first-order chi connectivity index (χ1) is 10.0. The zero-order valence-corrected chi connectivity index (χ0v) is 12.6. The minimum atomic E-state index is -0.213. The van der Waals surface area contributed by atoms with E-state index < -0.39 is 0 Å². The van der Waals surface area contributed by atoms with Gasteiger partial charge in [-0.15, -0.1) is 0 Å². The molecule has 0 aliphatic heterocycles. The Labute approximate surface area is 123 Å². The number of ether oxygens (including phenoxy) is 1. The van der Waals surface area contributed by atoms with Gasteiger partial charge in [0.15, 0.2) is 0 Å². The maximum Gasteiger partial charge on any atom is 0.254 e. The molecule has 2 aromatic rings. The van der Waals surface area contributed by atoms with E-state index in [1.54, 1.807) is 6.92 Å². The number of aliphatic hydroxyl groups excluding tert-OH is 1. The molecule has 0 bridgehead atoms. The molecule has 0 saturated heterocycles. The van der Waals surface area contributed by atoms with Crippen LogP contribution in [0.25, 0.3) is 0 Å². The minimum Gasteiger partial charge on any atom is -0.486 e. The van der Waals surface area contributed by atoms with Crippen molar-refractivity contribution in [2.45, 2.75) is 33.8 Å². The molecule has 112 valence electrons. The number of rotatable bonds is 5. The summed E-state index contributed by atoms with van der Waals surface area (Å²) in [7, 11) is 0. The number of H-pyrrole nitrogens is 1. The number of nitrogens with zero attached hydrogens (tertiary/aromatic N) is 1. The predicted octanol–water partition coefficient (Wildman–Crippen LogP) is 1.81. The molecule has 1 aromatic heterocycles. The molecule has 21 heavy (non-hydrogen) atoms. The highest BCUT2D eigenvalue weighted by Gasteiger charge is 2.08. The first-order valence-corrected chi connectivity index (χ1v) is 6.91. The van der Waals surface area contributed by atoms with Gasteiger partial charge in [-0.25, -0.2) is 4.98 Å². The minimum absolute atomic E-state index is 0.0654. The van der Waals surface area contributed by atoms with E-state index >= 15 is 0 Å². The van der Waals surface area contributed by atoms with E-state index in [-0.39, 0.29) is 18.8 Å². The summed E-state index contributed by atoms with van der Waals surface area (Å²) in [5.74, 6) is 1.23. The normalized spacial score (nSPS) is 10.7. The lowest BCUT2D eigenvalue weighted by Crippen LogP contribution is -2.20. The summed E-state index contributed by atoms with van der Waals surface area (Å²) in [6.45, 7) is 5.97. The molecule has 2 N–H and O–H groups in total. The van der Waals surface area contributed by atoms with Crippen molar-refractivity contribution < 1.29 is 9.84 Å². The van der Waals surface area contributed by atoms with Gasteiger partial charge in [0.25, 0.3) is 5.56 Å². The highest BCUT2D eigenvalue weighted by Crippen LogP contribution is 2.17. The molecule has 1 aromatic carbocycles. The highest BCUT2D eigenvalue weighted by molar-refractivity contribution is 5.33. The van der Waals surface area contributed by atoms with Crippen molar-refractivity contribution >= 4 is 0 Å². The van der Waals surface area contributed by atoms with Gasteiger partial charge in [-0.05, 0) is 44.0 Å². The van der Waals surface area contributed by atoms with Gasteiger partial charge >= 0.3 is 0 Å². The van der Waals surface area contributed by atoms with Crippen LogP contribution in [0.15, 0.2) is 23.0 Å². The lowest BCUT2D eigenvalue weighted by Gasteiger charge is -2.09. The molecule has 5 nitrogen and oxygen atoms in total. The van der Waals surface area contributed by atoms with E-state index in [0.29, 0.717) is 23.5 Å². The summed E-state index contributed by atoms with van der Waals surface area (Å²) in [5, 5.41) is 8.93. The van der Waals surface area contributed by atoms with Crippen LogP contribution in [-0.2, 0) is 13.0 Å². The van der Waals surface area contributed by atoms with Crippen LogP contribution in [0.1, 0.15) is 28.2 Å². The number of hydrogen-bond donors (Lipinski definition) is 2. The van der Waals surface area contributed by atoms with E-state index in [9.17, 15) is 4.79 Å². The maximum atomic E-state index is 11.9. The standard InChI is InChI=1S/C16H20N2O3/c1-10-4-5-13(8-11(10)2)21-9-15-17-12(3)14(6-7-19)16(20)18-15/h4-5,8,19H,6-7,9H2,1-3H3,(H,17,18,20). The molecular formula is C16H20N2O3. The van der Waals surface area contributed by atoms with Gasteiger partial charge in [-0.2, -0.15) is 0 Å². The van der Waals surface area contributed by atoms with Crippen LogP contribution in [0.5, 0.6) is 5.75 Å². The third kappa shape index (κ3) is 3.70. The van der Waals surface area contributed by atoms with E-state index in [1.807, 2.05) is 32.0 Å². The number of hydrogen-bond acceptors (Lipinski definition) is 4. The first kappa shape index (κ1) is 15.3. The Bertz CT molecular complexity index is 692. The van der Waals surface area contributed by atoms with Crippen molar-refractivity contribution in [2.24, 2.45) is 0 Å². The van der Waals surface area contributed by atoms with E-state index in [4.69, 9.17) is 9.84 Å². The van der Waals surface area contributed by atoms with Gasteiger partial charge in [0.05, 0.1) is 0 Å². The summed E-state index contributed by atoms with van der Waals surface area (Å²) in [5.41, 5.74) is 3.30. The summed E-state index contributed by atoms with van der Waals surface area (Å²) in [4.78, 5) is 18.9. The van der Waals surface area contributed by atoms with Crippen LogP contribution in [0.3, 0.4) is 0 Å². The molecule has 0 amide bonds. The van der Waals surface area contributed by atoms with E-state index in [0.717, 1.165) is 11.3 Å². The fourth-order valence-electron chi connectivity index (χ4n) is 2.10.